The molecule has 18 heavy (non-hydrogen) atoms. The van der Waals surface area contributed by atoms with Crippen LogP contribution in [-0.4, -0.2) is 37.1 Å². The van der Waals surface area contributed by atoms with Crippen LogP contribution in [0, 0.1) is 5.82 Å². The molecule has 1 aliphatic heterocycles. The number of amides is 1. The summed E-state index contributed by atoms with van der Waals surface area (Å²) in [5.74, 6) is -0.217. The van der Waals surface area contributed by atoms with Crippen LogP contribution in [0.15, 0.2) is 24.3 Å². The first-order chi connectivity index (χ1) is 8.51. The molecule has 98 valence electrons. The number of hydrogen-bond donors (Lipinski definition) is 0. The van der Waals surface area contributed by atoms with Gasteiger partial charge in [0, 0.05) is 13.1 Å². The molecule has 1 heterocycles. The molecule has 0 spiro atoms. The number of ether oxygens (including phenoxy) is 1. The molecule has 0 aliphatic carbocycles. The molecule has 1 amide bonds. The predicted molar refractivity (Wildman–Crippen MR) is 66.8 cm³/mol. The summed E-state index contributed by atoms with van der Waals surface area (Å²) in [7, 11) is 0. The van der Waals surface area contributed by atoms with E-state index in [-0.39, 0.29) is 11.7 Å². The molecule has 2 rings (SSSR count). The molecule has 0 saturated carbocycles. The van der Waals surface area contributed by atoms with Crippen LogP contribution in [0.25, 0.3) is 0 Å². The second-order valence-electron chi connectivity index (χ2n) is 5.04. The number of carbonyl (C=O) groups excluding carboxylic acids is 1. The summed E-state index contributed by atoms with van der Waals surface area (Å²) in [5, 5.41) is 0. The number of nitrogens with zero attached hydrogens (tertiary/aromatic N) is 1. The van der Waals surface area contributed by atoms with Crippen molar-refractivity contribution in [2.75, 3.05) is 26.3 Å². The molecule has 1 aliphatic rings. The van der Waals surface area contributed by atoms with Gasteiger partial charge < -0.3 is 9.64 Å². The van der Waals surface area contributed by atoms with Gasteiger partial charge in [-0.15, -0.1) is 0 Å². The highest BCUT2D eigenvalue weighted by Gasteiger charge is 2.34. The van der Waals surface area contributed by atoms with Gasteiger partial charge >= 0.3 is 0 Å². The number of morpholine rings is 1. The number of benzene rings is 1. The number of hydrogen-bond acceptors (Lipinski definition) is 2. The molecule has 1 aromatic carbocycles. The normalized spacial score (nSPS) is 16.7. The van der Waals surface area contributed by atoms with Crippen molar-refractivity contribution >= 4 is 5.91 Å². The van der Waals surface area contributed by atoms with E-state index >= 15 is 0 Å². The van der Waals surface area contributed by atoms with Crippen LogP contribution in [0.1, 0.15) is 19.4 Å². The summed E-state index contributed by atoms with van der Waals surface area (Å²) in [6.45, 7) is 6.18. The fraction of sp³-hybridized carbons (Fsp3) is 0.500. The molecular formula is C14H18FNO2. The van der Waals surface area contributed by atoms with Crippen molar-refractivity contribution in [2.24, 2.45) is 0 Å². The molecule has 0 bridgehead atoms. The molecule has 0 unspecified atom stereocenters. The van der Waals surface area contributed by atoms with Crippen molar-refractivity contribution in [1.29, 1.82) is 0 Å². The lowest BCUT2D eigenvalue weighted by molar-refractivity contribution is -0.140. The molecule has 1 fully saturated rings. The van der Waals surface area contributed by atoms with Gasteiger partial charge in [0.2, 0.25) is 5.91 Å². The standard InChI is InChI=1S/C14H18FNO2/c1-14(2,11-3-5-12(15)6-4-11)13(17)16-7-9-18-10-8-16/h3-6H,7-10H2,1-2H3. The van der Waals surface area contributed by atoms with Crippen molar-refractivity contribution in [2.45, 2.75) is 19.3 Å². The maximum absolute atomic E-state index is 12.9. The quantitative estimate of drug-likeness (QED) is 0.804. The third-order valence-corrected chi connectivity index (χ3v) is 3.40. The molecule has 4 heteroatoms. The maximum Gasteiger partial charge on any atom is 0.232 e. The predicted octanol–water partition coefficient (Wildman–Crippen LogP) is 1.96. The Kier molecular flexibility index (Phi) is 3.66. The van der Waals surface area contributed by atoms with Crippen molar-refractivity contribution < 1.29 is 13.9 Å². The van der Waals surface area contributed by atoms with Gasteiger partial charge in [0.05, 0.1) is 18.6 Å². The number of rotatable bonds is 2. The summed E-state index contributed by atoms with van der Waals surface area (Å²) in [5.41, 5.74) is 0.200. The summed E-state index contributed by atoms with van der Waals surface area (Å²) in [4.78, 5) is 14.3. The van der Waals surface area contributed by atoms with Crippen LogP contribution in [0.5, 0.6) is 0 Å². The van der Waals surface area contributed by atoms with Gasteiger partial charge in [-0.3, -0.25) is 4.79 Å². The first-order valence-corrected chi connectivity index (χ1v) is 6.15. The Morgan fingerprint density at radius 1 is 1.22 bits per heavy atom. The van der Waals surface area contributed by atoms with Gasteiger partial charge in [0.15, 0.2) is 0 Å². The van der Waals surface area contributed by atoms with Gasteiger partial charge in [0.25, 0.3) is 0 Å². The van der Waals surface area contributed by atoms with Crippen molar-refractivity contribution in [1.82, 2.24) is 4.90 Å². The van der Waals surface area contributed by atoms with Crippen LogP contribution >= 0.6 is 0 Å². The lowest BCUT2D eigenvalue weighted by Crippen LogP contribution is -2.48. The van der Waals surface area contributed by atoms with E-state index in [0.717, 1.165) is 5.56 Å². The second-order valence-corrected chi connectivity index (χ2v) is 5.04. The largest absolute Gasteiger partial charge is 0.378 e. The minimum Gasteiger partial charge on any atom is -0.378 e. The SMILES string of the molecule is CC(C)(C(=O)N1CCOCC1)c1ccc(F)cc1. The highest BCUT2D eigenvalue weighted by atomic mass is 19.1. The first-order valence-electron chi connectivity index (χ1n) is 6.15. The van der Waals surface area contributed by atoms with Gasteiger partial charge in [0.1, 0.15) is 5.82 Å². The Balaban J connectivity index is 2.18. The topological polar surface area (TPSA) is 29.5 Å². The fourth-order valence-electron chi connectivity index (χ4n) is 2.15. The van der Waals surface area contributed by atoms with Crippen LogP contribution in [-0.2, 0) is 14.9 Å². The summed E-state index contributed by atoms with van der Waals surface area (Å²) in [6.07, 6.45) is 0. The van der Waals surface area contributed by atoms with E-state index in [1.165, 1.54) is 12.1 Å². The summed E-state index contributed by atoms with van der Waals surface area (Å²) >= 11 is 0. The molecule has 1 aromatic rings. The van der Waals surface area contributed by atoms with Crippen LogP contribution in [0.4, 0.5) is 4.39 Å². The summed E-state index contributed by atoms with van der Waals surface area (Å²) in [6, 6.07) is 6.13. The van der Waals surface area contributed by atoms with E-state index in [9.17, 15) is 9.18 Å². The molecule has 3 nitrogen and oxygen atoms in total. The Morgan fingerprint density at radius 2 is 1.78 bits per heavy atom. The van der Waals surface area contributed by atoms with Crippen LogP contribution in [0.2, 0.25) is 0 Å². The van der Waals surface area contributed by atoms with E-state index in [4.69, 9.17) is 4.74 Å². The number of carbonyl (C=O) groups is 1. The van der Waals surface area contributed by atoms with Crippen LogP contribution in [0.3, 0.4) is 0 Å². The Bertz CT molecular complexity index is 422. The van der Waals surface area contributed by atoms with Gasteiger partial charge in [-0.2, -0.15) is 0 Å². The highest BCUT2D eigenvalue weighted by molar-refractivity contribution is 5.87. The Hall–Kier alpha value is -1.42. The summed E-state index contributed by atoms with van der Waals surface area (Å²) < 4.78 is 18.2. The molecule has 1 saturated heterocycles. The minimum absolute atomic E-state index is 0.0670. The smallest absolute Gasteiger partial charge is 0.232 e. The van der Waals surface area contributed by atoms with Gasteiger partial charge in [-0.05, 0) is 31.5 Å². The average molecular weight is 251 g/mol. The Morgan fingerprint density at radius 3 is 2.33 bits per heavy atom. The zero-order valence-electron chi connectivity index (χ0n) is 10.8. The minimum atomic E-state index is -0.634. The zero-order chi connectivity index (χ0) is 13.2. The third-order valence-electron chi connectivity index (χ3n) is 3.40. The van der Waals surface area contributed by atoms with Crippen LogP contribution < -0.4 is 0 Å². The fourth-order valence-corrected chi connectivity index (χ4v) is 2.15. The second kappa shape index (κ2) is 5.06. The van der Waals surface area contributed by atoms with Crippen molar-refractivity contribution in [3.05, 3.63) is 35.6 Å². The molecule has 0 atom stereocenters. The lowest BCUT2D eigenvalue weighted by Gasteiger charge is -2.34. The Labute approximate surface area is 107 Å². The third kappa shape index (κ3) is 2.53. The zero-order valence-corrected chi connectivity index (χ0v) is 10.8. The highest BCUT2D eigenvalue weighted by Crippen LogP contribution is 2.26. The molecule has 0 N–H and O–H groups in total. The van der Waals surface area contributed by atoms with Crippen molar-refractivity contribution in [3.8, 4) is 0 Å². The maximum atomic E-state index is 12.9. The molecular weight excluding hydrogens is 233 g/mol. The number of halogens is 1. The van der Waals surface area contributed by atoms with E-state index in [1.54, 1.807) is 12.1 Å². The van der Waals surface area contributed by atoms with Crippen molar-refractivity contribution in [3.63, 3.8) is 0 Å². The van der Waals surface area contributed by atoms with E-state index in [1.807, 2.05) is 18.7 Å². The van der Waals surface area contributed by atoms with Gasteiger partial charge in [-0.25, -0.2) is 4.39 Å². The van der Waals surface area contributed by atoms with Gasteiger partial charge in [-0.1, -0.05) is 12.1 Å². The first kappa shape index (κ1) is 13.0. The van der Waals surface area contributed by atoms with E-state index < -0.39 is 5.41 Å². The molecule has 0 aromatic heterocycles. The lowest BCUT2D eigenvalue weighted by atomic mass is 9.83. The van der Waals surface area contributed by atoms with E-state index in [0.29, 0.717) is 26.3 Å². The monoisotopic (exact) mass is 251 g/mol. The average Bonchev–Trinajstić information content (AvgIpc) is 2.39. The van der Waals surface area contributed by atoms with E-state index in [2.05, 4.69) is 0 Å². The molecule has 0 radical (unpaired) electrons.